The van der Waals surface area contributed by atoms with Gasteiger partial charge in [-0.05, 0) is 26.0 Å². The predicted octanol–water partition coefficient (Wildman–Crippen LogP) is 2.88. The third-order valence-corrected chi connectivity index (χ3v) is 4.65. The molecule has 1 aromatic heterocycles. The number of amides is 1. The van der Waals surface area contributed by atoms with Crippen molar-refractivity contribution in [3.63, 3.8) is 0 Å². The molecule has 3 rings (SSSR count). The highest BCUT2D eigenvalue weighted by Gasteiger charge is 2.37. The second-order valence-corrected chi connectivity index (χ2v) is 6.19. The van der Waals surface area contributed by atoms with E-state index in [1.165, 1.54) is 0 Å². The molecule has 1 atom stereocenters. The maximum atomic E-state index is 12.4. The summed E-state index contributed by atoms with van der Waals surface area (Å²) in [6.07, 6.45) is 0. The van der Waals surface area contributed by atoms with Crippen LogP contribution in [0.25, 0.3) is 0 Å². The summed E-state index contributed by atoms with van der Waals surface area (Å²) in [6.45, 7) is 3.81. The van der Waals surface area contributed by atoms with Gasteiger partial charge in [-0.15, -0.1) is 11.8 Å². The second kappa shape index (κ2) is 5.96. The Labute approximate surface area is 133 Å². The number of anilines is 1. The molecule has 1 saturated heterocycles. The Bertz CT molecular complexity index is 700. The zero-order valence-corrected chi connectivity index (χ0v) is 13.6. The first kappa shape index (κ1) is 14.8. The molecular formula is C16H17N3O2S. The van der Waals surface area contributed by atoms with Crippen molar-refractivity contribution in [1.82, 2.24) is 9.97 Å². The van der Waals surface area contributed by atoms with Gasteiger partial charge in [-0.2, -0.15) is 0 Å². The van der Waals surface area contributed by atoms with Crippen LogP contribution in [0.1, 0.15) is 22.3 Å². The van der Waals surface area contributed by atoms with E-state index in [-0.39, 0.29) is 11.3 Å². The summed E-state index contributed by atoms with van der Waals surface area (Å²) in [5.41, 5.74) is 2.67. The van der Waals surface area contributed by atoms with E-state index >= 15 is 0 Å². The average molecular weight is 315 g/mol. The van der Waals surface area contributed by atoms with Crippen molar-refractivity contribution in [2.24, 2.45) is 0 Å². The van der Waals surface area contributed by atoms with Crippen LogP contribution in [-0.4, -0.2) is 28.7 Å². The minimum Gasteiger partial charge on any atom is -0.496 e. The molecule has 1 amide bonds. The lowest BCUT2D eigenvalue weighted by atomic mass is 10.2. The van der Waals surface area contributed by atoms with E-state index in [9.17, 15) is 4.79 Å². The van der Waals surface area contributed by atoms with E-state index in [4.69, 9.17) is 4.74 Å². The fourth-order valence-electron chi connectivity index (χ4n) is 2.56. The molecule has 0 aliphatic carbocycles. The largest absolute Gasteiger partial charge is 0.496 e. The maximum Gasteiger partial charge on any atom is 0.240 e. The topological polar surface area (TPSA) is 55.3 Å². The molecule has 0 bridgehead atoms. The third kappa shape index (κ3) is 2.66. The van der Waals surface area contributed by atoms with Gasteiger partial charge in [0.05, 0.1) is 12.9 Å². The number of nitrogens with zero attached hydrogens (tertiary/aromatic N) is 3. The molecule has 1 fully saturated rings. The standard InChI is InChI=1S/C16H17N3O2S/c1-10-8-11(2)18-16(17-10)19-14(20)9-22-15(19)12-6-4-5-7-13(12)21-3/h4-8,15H,9H2,1-3H3. The van der Waals surface area contributed by atoms with Crippen molar-refractivity contribution < 1.29 is 9.53 Å². The minimum atomic E-state index is -0.162. The van der Waals surface area contributed by atoms with E-state index in [1.807, 2.05) is 44.2 Å². The van der Waals surface area contributed by atoms with Crippen LogP contribution in [-0.2, 0) is 4.79 Å². The molecule has 1 aliphatic rings. The van der Waals surface area contributed by atoms with Crippen molar-refractivity contribution in [1.29, 1.82) is 0 Å². The van der Waals surface area contributed by atoms with Crippen LogP contribution in [0.4, 0.5) is 5.95 Å². The summed E-state index contributed by atoms with van der Waals surface area (Å²) < 4.78 is 5.43. The lowest BCUT2D eigenvalue weighted by Crippen LogP contribution is -2.30. The first-order chi connectivity index (χ1) is 10.6. The van der Waals surface area contributed by atoms with Crippen molar-refractivity contribution in [3.05, 3.63) is 47.3 Å². The van der Waals surface area contributed by atoms with E-state index in [0.717, 1.165) is 22.7 Å². The highest BCUT2D eigenvalue weighted by Crippen LogP contribution is 2.43. The van der Waals surface area contributed by atoms with Gasteiger partial charge in [-0.1, -0.05) is 18.2 Å². The number of aromatic nitrogens is 2. The molecule has 2 aromatic rings. The fourth-order valence-corrected chi connectivity index (χ4v) is 3.73. The first-order valence-corrected chi connectivity index (χ1v) is 8.04. The van der Waals surface area contributed by atoms with Crippen molar-refractivity contribution in [2.45, 2.75) is 19.2 Å². The van der Waals surface area contributed by atoms with Crippen LogP contribution in [0.3, 0.4) is 0 Å². The van der Waals surface area contributed by atoms with E-state index < -0.39 is 0 Å². The Balaban J connectivity index is 2.06. The number of para-hydroxylation sites is 1. The molecule has 0 N–H and O–H groups in total. The van der Waals surface area contributed by atoms with Gasteiger partial charge >= 0.3 is 0 Å². The van der Waals surface area contributed by atoms with Crippen LogP contribution in [0.15, 0.2) is 30.3 Å². The van der Waals surface area contributed by atoms with Crippen molar-refractivity contribution in [2.75, 3.05) is 17.8 Å². The van der Waals surface area contributed by atoms with Crippen LogP contribution in [0.5, 0.6) is 5.75 Å². The normalized spacial score (nSPS) is 17.9. The Morgan fingerprint density at radius 2 is 1.91 bits per heavy atom. The van der Waals surface area contributed by atoms with Gasteiger partial charge in [0, 0.05) is 17.0 Å². The number of thioether (sulfide) groups is 1. The fraction of sp³-hybridized carbons (Fsp3) is 0.312. The van der Waals surface area contributed by atoms with Crippen LogP contribution >= 0.6 is 11.8 Å². The highest BCUT2D eigenvalue weighted by atomic mass is 32.2. The summed E-state index contributed by atoms with van der Waals surface area (Å²) in [5.74, 6) is 1.66. The van der Waals surface area contributed by atoms with Crippen LogP contribution < -0.4 is 9.64 Å². The summed E-state index contributed by atoms with van der Waals surface area (Å²) >= 11 is 1.56. The molecule has 22 heavy (non-hydrogen) atoms. The molecule has 1 unspecified atom stereocenters. The molecule has 0 radical (unpaired) electrons. The lowest BCUT2D eigenvalue weighted by molar-refractivity contribution is -0.115. The van der Waals surface area contributed by atoms with Crippen LogP contribution in [0, 0.1) is 13.8 Å². The molecule has 2 heterocycles. The number of methoxy groups -OCH3 is 1. The van der Waals surface area contributed by atoms with Gasteiger partial charge in [0.2, 0.25) is 11.9 Å². The number of ether oxygens (including phenoxy) is 1. The van der Waals surface area contributed by atoms with Gasteiger partial charge in [-0.25, -0.2) is 9.97 Å². The monoisotopic (exact) mass is 315 g/mol. The summed E-state index contributed by atoms with van der Waals surface area (Å²) in [6, 6.07) is 9.64. The number of aryl methyl sites for hydroxylation is 2. The van der Waals surface area contributed by atoms with Crippen molar-refractivity contribution in [3.8, 4) is 5.75 Å². The molecule has 0 spiro atoms. The second-order valence-electron chi connectivity index (χ2n) is 5.12. The van der Waals surface area contributed by atoms with Gasteiger partial charge < -0.3 is 4.74 Å². The maximum absolute atomic E-state index is 12.4. The minimum absolute atomic E-state index is 0.0194. The van der Waals surface area contributed by atoms with E-state index in [2.05, 4.69) is 9.97 Å². The van der Waals surface area contributed by atoms with Crippen molar-refractivity contribution >= 4 is 23.6 Å². The molecule has 1 aliphatic heterocycles. The third-order valence-electron chi connectivity index (χ3n) is 3.46. The number of carbonyl (C=O) groups excluding carboxylic acids is 1. The van der Waals surface area contributed by atoms with Crippen LogP contribution in [0.2, 0.25) is 0 Å². The first-order valence-electron chi connectivity index (χ1n) is 6.99. The summed E-state index contributed by atoms with van der Waals surface area (Å²) in [7, 11) is 1.64. The molecule has 0 saturated carbocycles. The Hall–Kier alpha value is -2.08. The number of benzene rings is 1. The van der Waals surface area contributed by atoms with Gasteiger partial charge in [0.1, 0.15) is 11.1 Å². The summed E-state index contributed by atoms with van der Waals surface area (Å²) in [4.78, 5) is 22.9. The van der Waals surface area contributed by atoms with E-state index in [1.54, 1.807) is 23.8 Å². The Kier molecular flexibility index (Phi) is 4.02. The quantitative estimate of drug-likeness (QED) is 0.872. The highest BCUT2D eigenvalue weighted by molar-refractivity contribution is 8.00. The zero-order chi connectivity index (χ0) is 15.7. The van der Waals surface area contributed by atoms with Gasteiger partial charge in [-0.3, -0.25) is 9.69 Å². The molecular weight excluding hydrogens is 298 g/mol. The van der Waals surface area contributed by atoms with E-state index in [0.29, 0.717) is 11.7 Å². The molecule has 1 aromatic carbocycles. The SMILES string of the molecule is COc1ccccc1C1SCC(=O)N1c1nc(C)cc(C)n1. The predicted molar refractivity (Wildman–Crippen MR) is 87.2 cm³/mol. The Morgan fingerprint density at radius 1 is 1.23 bits per heavy atom. The smallest absolute Gasteiger partial charge is 0.240 e. The molecule has 6 heteroatoms. The van der Waals surface area contributed by atoms with Gasteiger partial charge in [0.15, 0.2) is 0 Å². The number of rotatable bonds is 3. The Morgan fingerprint density at radius 3 is 2.59 bits per heavy atom. The number of hydrogen-bond donors (Lipinski definition) is 0. The number of hydrogen-bond acceptors (Lipinski definition) is 5. The summed E-state index contributed by atoms with van der Waals surface area (Å²) in [5, 5.41) is -0.162. The number of carbonyl (C=O) groups is 1. The molecule has 114 valence electrons. The molecule has 5 nitrogen and oxygen atoms in total. The van der Waals surface area contributed by atoms with Gasteiger partial charge in [0.25, 0.3) is 0 Å². The zero-order valence-electron chi connectivity index (χ0n) is 12.7. The average Bonchev–Trinajstić information content (AvgIpc) is 2.87. The lowest BCUT2D eigenvalue weighted by Gasteiger charge is -2.24.